The number of nitrogens with zero attached hydrogens (tertiary/aromatic N) is 4. The highest BCUT2D eigenvalue weighted by molar-refractivity contribution is 5.90. The summed E-state index contributed by atoms with van der Waals surface area (Å²) in [5.41, 5.74) is 4.02. The molecule has 0 aliphatic rings. The fourth-order valence-corrected chi connectivity index (χ4v) is 3.30. The smallest absolute Gasteiger partial charge is 0.275 e. The Morgan fingerprint density at radius 1 is 1.03 bits per heavy atom. The molecule has 0 unspecified atom stereocenters. The van der Waals surface area contributed by atoms with E-state index in [-0.39, 0.29) is 18.0 Å². The zero-order chi connectivity index (χ0) is 20.5. The number of hydrogen-bond donors (Lipinski definition) is 1. The second-order valence-electron chi connectivity index (χ2n) is 7.09. The molecular weight excluding hydrogens is 366 g/mol. The summed E-state index contributed by atoms with van der Waals surface area (Å²) in [6.45, 7) is 5.74. The lowest BCUT2D eigenvalue weighted by Crippen LogP contribution is -2.25. The summed E-state index contributed by atoms with van der Waals surface area (Å²) in [6.07, 6.45) is 0. The average Bonchev–Trinajstić information content (AvgIpc) is 3.11. The zero-order valence-corrected chi connectivity index (χ0v) is 16.5. The van der Waals surface area contributed by atoms with Crippen molar-refractivity contribution in [1.82, 2.24) is 19.2 Å². The van der Waals surface area contributed by atoms with E-state index in [9.17, 15) is 9.59 Å². The molecule has 0 bridgehead atoms. The molecule has 1 amide bonds. The first-order valence-corrected chi connectivity index (χ1v) is 9.32. The Bertz CT molecular complexity index is 1290. The van der Waals surface area contributed by atoms with Crippen LogP contribution in [0.25, 0.3) is 17.2 Å². The van der Waals surface area contributed by atoms with E-state index >= 15 is 0 Å². The van der Waals surface area contributed by atoms with Crippen LogP contribution in [0, 0.1) is 20.8 Å². The Kier molecular flexibility index (Phi) is 4.72. The van der Waals surface area contributed by atoms with Crippen molar-refractivity contribution < 1.29 is 4.79 Å². The van der Waals surface area contributed by atoms with E-state index in [0.717, 1.165) is 22.4 Å². The monoisotopic (exact) mass is 387 g/mol. The number of aromatic nitrogens is 4. The van der Waals surface area contributed by atoms with Gasteiger partial charge >= 0.3 is 0 Å². The third-order valence-corrected chi connectivity index (χ3v) is 4.79. The zero-order valence-electron chi connectivity index (χ0n) is 16.5. The maximum atomic E-state index is 12.6. The van der Waals surface area contributed by atoms with Crippen LogP contribution >= 0.6 is 0 Å². The molecule has 7 nitrogen and oxygen atoms in total. The fraction of sp³-hybridized carbons (Fsp3) is 0.182. The van der Waals surface area contributed by atoms with Crippen molar-refractivity contribution in [3.8, 4) is 11.4 Å². The van der Waals surface area contributed by atoms with Crippen molar-refractivity contribution in [3.63, 3.8) is 0 Å². The molecule has 0 atom stereocenters. The molecule has 0 aliphatic carbocycles. The van der Waals surface area contributed by atoms with Gasteiger partial charge < -0.3 is 9.88 Å². The highest BCUT2D eigenvalue weighted by Crippen LogP contribution is 2.20. The third-order valence-electron chi connectivity index (χ3n) is 4.79. The van der Waals surface area contributed by atoms with Gasteiger partial charge in [0, 0.05) is 23.0 Å². The van der Waals surface area contributed by atoms with Crippen LogP contribution in [0.1, 0.15) is 16.8 Å². The van der Waals surface area contributed by atoms with Crippen LogP contribution in [0.15, 0.2) is 59.4 Å². The molecule has 0 saturated heterocycles. The van der Waals surface area contributed by atoms with Crippen molar-refractivity contribution in [2.24, 2.45) is 0 Å². The lowest BCUT2D eigenvalue weighted by molar-refractivity contribution is -0.116. The largest absolute Gasteiger partial charge is 0.325 e. The van der Waals surface area contributed by atoms with E-state index in [4.69, 9.17) is 0 Å². The Labute approximate surface area is 167 Å². The summed E-state index contributed by atoms with van der Waals surface area (Å²) in [6, 6.07) is 16.8. The molecule has 2 aromatic carbocycles. The van der Waals surface area contributed by atoms with E-state index in [1.807, 2.05) is 62.4 Å². The van der Waals surface area contributed by atoms with E-state index in [0.29, 0.717) is 17.3 Å². The Hall–Kier alpha value is -3.74. The molecule has 0 fully saturated rings. The summed E-state index contributed by atoms with van der Waals surface area (Å²) < 4.78 is 2.94. The number of carbonyl (C=O) groups is 1. The number of hydrogen-bond acceptors (Lipinski definition) is 4. The van der Waals surface area contributed by atoms with Gasteiger partial charge in [-0.1, -0.05) is 36.4 Å². The van der Waals surface area contributed by atoms with Gasteiger partial charge in [-0.2, -0.15) is 9.50 Å². The van der Waals surface area contributed by atoms with Gasteiger partial charge in [0.2, 0.25) is 11.7 Å². The van der Waals surface area contributed by atoms with Gasteiger partial charge in [-0.15, -0.1) is 5.10 Å². The predicted molar refractivity (Wildman–Crippen MR) is 112 cm³/mol. The van der Waals surface area contributed by atoms with Crippen LogP contribution in [-0.4, -0.2) is 25.1 Å². The third kappa shape index (κ3) is 3.67. The minimum atomic E-state index is -0.278. The van der Waals surface area contributed by atoms with Gasteiger partial charge in [-0.25, -0.2) is 0 Å². The number of nitrogens with one attached hydrogen (secondary N) is 1. The SMILES string of the molecule is Cc1cccc(NC(=O)Cn2c(C)cc(=O)n3nc(-c4ccccc4C)nc23)c1. The summed E-state index contributed by atoms with van der Waals surface area (Å²) in [5.74, 6) is 0.593. The van der Waals surface area contributed by atoms with Crippen LogP contribution in [-0.2, 0) is 11.3 Å². The van der Waals surface area contributed by atoms with Crippen molar-refractivity contribution in [1.29, 1.82) is 0 Å². The van der Waals surface area contributed by atoms with Crippen LogP contribution in [0.3, 0.4) is 0 Å². The van der Waals surface area contributed by atoms with E-state index < -0.39 is 0 Å². The van der Waals surface area contributed by atoms with Gasteiger partial charge in [0.25, 0.3) is 5.56 Å². The first-order valence-electron chi connectivity index (χ1n) is 9.32. The van der Waals surface area contributed by atoms with Crippen molar-refractivity contribution >= 4 is 17.4 Å². The summed E-state index contributed by atoms with van der Waals surface area (Å²) >= 11 is 0. The maximum Gasteiger partial charge on any atom is 0.275 e. The summed E-state index contributed by atoms with van der Waals surface area (Å²) in [4.78, 5) is 29.7. The quantitative estimate of drug-likeness (QED) is 0.583. The minimum Gasteiger partial charge on any atom is -0.325 e. The van der Waals surface area contributed by atoms with Gasteiger partial charge in [0.05, 0.1) is 0 Å². The van der Waals surface area contributed by atoms with Gasteiger partial charge in [-0.3, -0.25) is 9.59 Å². The molecular formula is C22H21N5O2. The van der Waals surface area contributed by atoms with Crippen LogP contribution in [0.2, 0.25) is 0 Å². The highest BCUT2D eigenvalue weighted by atomic mass is 16.2. The minimum absolute atomic E-state index is 0.0233. The summed E-state index contributed by atoms with van der Waals surface area (Å²) in [5, 5.41) is 7.28. The summed E-state index contributed by atoms with van der Waals surface area (Å²) in [7, 11) is 0. The Morgan fingerprint density at radius 3 is 2.59 bits per heavy atom. The Morgan fingerprint density at radius 2 is 1.83 bits per heavy atom. The van der Waals surface area contributed by atoms with Gasteiger partial charge in [0.1, 0.15) is 6.54 Å². The van der Waals surface area contributed by atoms with E-state index in [1.54, 1.807) is 11.5 Å². The molecule has 146 valence electrons. The van der Waals surface area contributed by atoms with Crippen molar-refractivity contribution in [2.75, 3.05) is 5.32 Å². The number of anilines is 1. The lowest BCUT2D eigenvalue weighted by Gasteiger charge is -2.12. The van der Waals surface area contributed by atoms with Crippen LogP contribution in [0.4, 0.5) is 5.69 Å². The second-order valence-corrected chi connectivity index (χ2v) is 7.09. The second kappa shape index (κ2) is 7.35. The van der Waals surface area contributed by atoms with Crippen molar-refractivity contribution in [3.05, 3.63) is 81.8 Å². The number of aryl methyl sites for hydroxylation is 3. The number of carbonyl (C=O) groups excluding carboxylic acids is 1. The number of amides is 1. The normalized spacial score (nSPS) is 11.0. The predicted octanol–water partition coefficient (Wildman–Crippen LogP) is 3.12. The van der Waals surface area contributed by atoms with Gasteiger partial charge in [-0.05, 0) is 44.0 Å². The van der Waals surface area contributed by atoms with Crippen molar-refractivity contribution in [2.45, 2.75) is 27.3 Å². The molecule has 0 saturated carbocycles. The average molecular weight is 387 g/mol. The molecule has 2 heterocycles. The molecule has 0 aliphatic heterocycles. The van der Waals surface area contributed by atoms with Crippen LogP contribution < -0.4 is 10.9 Å². The lowest BCUT2D eigenvalue weighted by atomic mass is 10.1. The van der Waals surface area contributed by atoms with Crippen LogP contribution in [0.5, 0.6) is 0 Å². The van der Waals surface area contributed by atoms with E-state index in [2.05, 4.69) is 15.4 Å². The fourth-order valence-electron chi connectivity index (χ4n) is 3.30. The molecule has 2 aromatic heterocycles. The molecule has 0 spiro atoms. The van der Waals surface area contributed by atoms with E-state index in [1.165, 1.54) is 10.6 Å². The van der Waals surface area contributed by atoms with Gasteiger partial charge in [0.15, 0.2) is 5.82 Å². The molecule has 29 heavy (non-hydrogen) atoms. The first kappa shape index (κ1) is 18.6. The highest BCUT2D eigenvalue weighted by Gasteiger charge is 2.16. The maximum absolute atomic E-state index is 12.6. The number of benzene rings is 2. The number of rotatable bonds is 4. The molecule has 1 N–H and O–H groups in total. The Balaban J connectivity index is 1.73. The molecule has 4 rings (SSSR count). The molecule has 4 aromatic rings. The molecule has 7 heteroatoms. The topological polar surface area (TPSA) is 81.3 Å². The molecule has 0 radical (unpaired) electrons. The standard InChI is InChI=1S/C22H21N5O2/c1-14-7-6-9-17(11-14)23-19(28)13-26-16(3)12-20(29)27-22(26)24-21(25-27)18-10-5-4-8-15(18)2/h4-12H,13H2,1-3H3,(H,23,28). The first-order chi connectivity index (χ1) is 13.9. The number of fused-ring (bicyclic) bond motifs is 1.